The normalized spacial score (nSPS) is 15.0. The highest BCUT2D eigenvalue weighted by molar-refractivity contribution is 5.91. The molecular formula is C39H60N4O6. The Kier molecular flexibility index (Phi) is 21.4. The molecule has 0 aromatic heterocycles. The van der Waals surface area contributed by atoms with Gasteiger partial charge in [-0.15, -0.1) is 0 Å². The van der Waals surface area contributed by atoms with Crippen molar-refractivity contribution in [1.29, 1.82) is 0 Å². The highest BCUT2D eigenvalue weighted by Gasteiger charge is 2.25. The number of alkyl carbamates (subject to hydrolysis) is 1. The summed E-state index contributed by atoms with van der Waals surface area (Å²) in [5.41, 5.74) is 12.3. The molecule has 0 heterocycles. The largest absolute Gasteiger partial charge is 0.441 e. The van der Waals surface area contributed by atoms with E-state index in [9.17, 15) is 14.4 Å². The van der Waals surface area contributed by atoms with E-state index in [0.717, 1.165) is 55.2 Å². The van der Waals surface area contributed by atoms with E-state index in [1.807, 2.05) is 44.2 Å². The van der Waals surface area contributed by atoms with Gasteiger partial charge in [-0.1, -0.05) is 75.2 Å². The molecule has 0 bridgehead atoms. The fraction of sp³-hybridized carbons (Fsp3) is 0.564. The fourth-order valence-electron chi connectivity index (χ4n) is 5.58. The van der Waals surface area contributed by atoms with Gasteiger partial charge in [0.05, 0.1) is 26.4 Å². The van der Waals surface area contributed by atoms with E-state index in [4.69, 9.17) is 19.9 Å². The molecule has 3 amide bonds. The molecule has 1 aliphatic rings. The average molecular weight is 681 g/mol. The Labute approximate surface area is 293 Å². The molecule has 0 spiro atoms. The van der Waals surface area contributed by atoms with E-state index in [1.165, 1.54) is 16.7 Å². The minimum absolute atomic E-state index is 0.0150. The molecule has 5 N–H and O–H groups in total. The number of unbranched alkanes of at least 4 members (excludes halogenated alkanes) is 4. The molecule has 10 nitrogen and oxygen atoms in total. The summed E-state index contributed by atoms with van der Waals surface area (Å²) >= 11 is 0. The fourth-order valence-corrected chi connectivity index (χ4v) is 5.58. The third kappa shape index (κ3) is 16.0. The van der Waals surface area contributed by atoms with Crippen LogP contribution in [-0.4, -0.2) is 70.5 Å². The second kappa shape index (κ2) is 25.3. The van der Waals surface area contributed by atoms with Crippen LogP contribution in [0.25, 0.3) is 11.1 Å². The Morgan fingerprint density at radius 1 is 0.673 bits per heavy atom. The third-order valence-electron chi connectivity index (χ3n) is 8.32. The van der Waals surface area contributed by atoms with Gasteiger partial charge in [0.2, 0.25) is 11.8 Å². The van der Waals surface area contributed by atoms with Gasteiger partial charge in [0.1, 0.15) is 6.10 Å². The van der Waals surface area contributed by atoms with Crippen LogP contribution in [0.15, 0.2) is 48.5 Å². The summed E-state index contributed by atoms with van der Waals surface area (Å²) in [5.74, 6) is 0.0235. The van der Waals surface area contributed by atoms with E-state index >= 15 is 0 Å². The van der Waals surface area contributed by atoms with Crippen LogP contribution in [0, 0.1) is 0 Å². The zero-order chi connectivity index (χ0) is 35.7. The molecule has 1 unspecified atom stereocenters. The van der Waals surface area contributed by atoms with Crippen molar-refractivity contribution in [3.8, 4) is 0 Å². The van der Waals surface area contributed by atoms with Gasteiger partial charge in [-0.3, -0.25) is 9.59 Å². The number of fused-ring (bicyclic) bond motifs is 2. The smallest absolute Gasteiger partial charge is 0.407 e. The Morgan fingerprint density at radius 3 is 1.86 bits per heavy atom. The SMILES string of the molecule is C/C1=C(\C)c2ccccc2C(OC(=O)NCCCCCC(=O)NCCOCCOCCNC(=O)CCCCCN)Cc2ccccc21.CC. The van der Waals surface area contributed by atoms with Crippen LogP contribution < -0.4 is 21.7 Å². The van der Waals surface area contributed by atoms with E-state index < -0.39 is 12.2 Å². The molecular weight excluding hydrogens is 620 g/mol. The predicted molar refractivity (Wildman–Crippen MR) is 197 cm³/mol. The van der Waals surface area contributed by atoms with Crippen molar-refractivity contribution in [2.24, 2.45) is 5.73 Å². The first-order valence-corrected chi connectivity index (χ1v) is 18.1. The van der Waals surface area contributed by atoms with Crippen molar-refractivity contribution in [2.75, 3.05) is 52.6 Å². The van der Waals surface area contributed by atoms with Gasteiger partial charge in [-0.2, -0.15) is 0 Å². The van der Waals surface area contributed by atoms with Crippen molar-refractivity contribution in [1.82, 2.24) is 16.0 Å². The molecule has 0 saturated carbocycles. The highest BCUT2D eigenvalue weighted by atomic mass is 16.6. The molecule has 1 atom stereocenters. The van der Waals surface area contributed by atoms with Gasteiger partial charge in [0, 0.05) is 44.5 Å². The number of benzene rings is 2. The van der Waals surface area contributed by atoms with E-state index in [2.05, 4.69) is 48.0 Å². The van der Waals surface area contributed by atoms with Crippen LogP contribution in [0.4, 0.5) is 4.79 Å². The summed E-state index contributed by atoms with van der Waals surface area (Å²) in [4.78, 5) is 36.6. The molecule has 3 rings (SSSR count). The van der Waals surface area contributed by atoms with Crippen LogP contribution >= 0.6 is 0 Å². The van der Waals surface area contributed by atoms with Gasteiger partial charge in [-0.25, -0.2) is 4.79 Å². The van der Waals surface area contributed by atoms with Crippen molar-refractivity contribution >= 4 is 29.1 Å². The van der Waals surface area contributed by atoms with Crippen molar-refractivity contribution in [3.05, 3.63) is 70.8 Å². The second-order valence-corrected chi connectivity index (χ2v) is 11.9. The minimum Gasteiger partial charge on any atom is -0.441 e. The lowest BCUT2D eigenvalue weighted by atomic mass is 9.84. The van der Waals surface area contributed by atoms with E-state index in [-0.39, 0.29) is 11.8 Å². The number of rotatable bonds is 21. The van der Waals surface area contributed by atoms with Gasteiger partial charge < -0.3 is 35.9 Å². The van der Waals surface area contributed by atoms with Crippen LogP contribution in [0.5, 0.6) is 0 Å². The first-order valence-electron chi connectivity index (χ1n) is 18.1. The summed E-state index contributed by atoms with van der Waals surface area (Å²) < 4.78 is 16.9. The number of carbonyl (C=O) groups is 3. The van der Waals surface area contributed by atoms with Crippen LogP contribution in [0.2, 0.25) is 0 Å². The maximum absolute atomic E-state index is 12.8. The topological polar surface area (TPSA) is 141 Å². The molecule has 2 aromatic carbocycles. The number of nitrogens with one attached hydrogen (secondary N) is 3. The summed E-state index contributed by atoms with van der Waals surface area (Å²) in [6, 6.07) is 16.5. The lowest BCUT2D eigenvalue weighted by Gasteiger charge is -2.26. The van der Waals surface area contributed by atoms with Crippen molar-refractivity contribution in [2.45, 2.75) is 91.6 Å². The second-order valence-electron chi connectivity index (χ2n) is 11.9. The number of nitrogens with two attached hydrogens (primary N) is 1. The van der Waals surface area contributed by atoms with Crippen LogP contribution in [0.1, 0.15) is 107 Å². The number of amides is 3. The Balaban J connectivity index is 0.00000409. The van der Waals surface area contributed by atoms with Gasteiger partial charge >= 0.3 is 6.09 Å². The Bertz CT molecular complexity index is 1300. The van der Waals surface area contributed by atoms with Crippen LogP contribution in [0.3, 0.4) is 0 Å². The zero-order valence-electron chi connectivity index (χ0n) is 30.2. The highest BCUT2D eigenvalue weighted by Crippen LogP contribution is 2.38. The summed E-state index contributed by atoms with van der Waals surface area (Å²) in [6.45, 7) is 12.1. The van der Waals surface area contributed by atoms with Crippen molar-refractivity contribution in [3.63, 3.8) is 0 Å². The number of allylic oxidation sites excluding steroid dienone is 2. The minimum atomic E-state index is -0.430. The van der Waals surface area contributed by atoms with E-state index in [0.29, 0.717) is 71.9 Å². The van der Waals surface area contributed by atoms with E-state index in [1.54, 1.807) is 0 Å². The maximum atomic E-state index is 12.8. The lowest BCUT2D eigenvalue weighted by Crippen LogP contribution is -2.29. The van der Waals surface area contributed by atoms with Crippen LogP contribution in [-0.2, 0) is 30.2 Å². The molecule has 10 heteroatoms. The first kappa shape index (κ1) is 41.4. The zero-order valence-corrected chi connectivity index (χ0v) is 30.2. The lowest BCUT2D eigenvalue weighted by molar-refractivity contribution is -0.122. The molecule has 1 aliphatic carbocycles. The summed E-state index contributed by atoms with van der Waals surface area (Å²) in [7, 11) is 0. The number of hydrogen-bond donors (Lipinski definition) is 4. The molecule has 272 valence electrons. The molecule has 0 saturated heterocycles. The average Bonchev–Trinajstić information content (AvgIpc) is 3.12. The third-order valence-corrected chi connectivity index (χ3v) is 8.32. The monoisotopic (exact) mass is 680 g/mol. The van der Waals surface area contributed by atoms with Gasteiger partial charge in [0.15, 0.2) is 0 Å². The Hall–Kier alpha value is -3.73. The molecule has 2 aromatic rings. The Morgan fingerprint density at radius 2 is 1.22 bits per heavy atom. The molecule has 0 fully saturated rings. The maximum Gasteiger partial charge on any atom is 0.407 e. The first-order chi connectivity index (χ1) is 23.9. The summed E-state index contributed by atoms with van der Waals surface area (Å²) in [6.07, 6.45) is 5.83. The van der Waals surface area contributed by atoms with Gasteiger partial charge in [0.25, 0.3) is 0 Å². The molecule has 0 radical (unpaired) electrons. The van der Waals surface area contributed by atoms with Gasteiger partial charge in [-0.05, 0) is 73.9 Å². The standard InChI is InChI=1S/C37H54N4O6.C2H6/c1-28-29(2)32-15-9-10-16-33(32)34(27-30-13-7-8-14-31(28)30)47-37(44)41-20-12-4-6-18-36(43)40-22-24-46-26-25-45-23-21-39-35(42)17-5-3-11-19-38;1-2/h7-10,13-16,34H,3-6,11-12,17-27,38H2,1-2H3,(H,39,42)(H,40,43)(H,41,44);1-2H3/b29-28-;. The van der Waals surface area contributed by atoms with Crippen molar-refractivity contribution < 1.29 is 28.6 Å². The predicted octanol–water partition coefficient (Wildman–Crippen LogP) is 6.33. The molecule has 49 heavy (non-hydrogen) atoms. The quantitative estimate of drug-likeness (QED) is 0.113. The summed E-state index contributed by atoms with van der Waals surface area (Å²) in [5, 5.41) is 8.59. The number of ether oxygens (including phenoxy) is 3. The number of hydrogen-bond acceptors (Lipinski definition) is 7. The number of carbonyl (C=O) groups excluding carboxylic acids is 3. The molecule has 0 aliphatic heterocycles.